The quantitative estimate of drug-likeness (QED) is 0.845. The van der Waals surface area contributed by atoms with E-state index < -0.39 is 0 Å². The Hall–Kier alpha value is -1.17. The number of ether oxygens (including phenoxy) is 1. The van der Waals surface area contributed by atoms with Gasteiger partial charge in [-0.05, 0) is 24.1 Å². The van der Waals surface area contributed by atoms with Crippen LogP contribution in [0.3, 0.4) is 0 Å². The van der Waals surface area contributed by atoms with Crippen molar-refractivity contribution in [3.05, 3.63) is 23.8 Å². The number of rotatable bonds is 2. The van der Waals surface area contributed by atoms with Crippen LogP contribution in [0.4, 0.5) is 5.13 Å². The molecule has 1 atom stereocenters. The van der Waals surface area contributed by atoms with Gasteiger partial charge < -0.3 is 15.8 Å². The van der Waals surface area contributed by atoms with Crippen LogP contribution in [0.15, 0.2) is 18.2 Å². The summed E-state index contributed by atoms with van der Waals surface area (Å²) in [5.74, 6) is 0. The molecular formula is C12H15N3OS. The lowest BCUT2D eigenvalue weighted by atomic mass is 10.1. The number of nitrogens with two attached hydrogens (primary N) is 1. The number of fused-ring (bicyclic) bond motifs is 1. The third-order valence-electron chi connectivity index (χ3n) is 2.94. The molecule has 1 aromatic carbocycles. The molecule has 0 radical (unpaired) electrons. The van der Waals surface area contributed by atoms with E-state index in [1.165, 1.54) is 16.9 Å². The lowest BCUT2D eigenvalue weighted by molar-refractivity contribution is 0.0292. The molecule has 3 rings (SSSR count). The number of anilines is 1. The molecule has 1 saturated heterocycles. The van der Waals surface area contributed by atoms with Gasteiger partial charge in [-0.1, -0.05) is 17.4 Å². The van der Waals surface area contributed by atoms with E-state index >= 15 is 0 Å². The van der Waals surface area contributed by atoms with E-state index in [4.69, 9.17) is 10.5 Å². The average Bonchev–Trinajstić information content (AvgIpc) is 2.70. The van der Waals surface area contributed by atoms with Gasteiger partial charge in [0.1, 0.15) is 0 Å². The number of nitrogens with zero attached hydrogens (tertiary/aromatic N) is 1. The van der Waals surface area contributed by atoms with Crippen molar-refractivity contribution in [3.8, 4) is 0 Å². The predicted octanol–water partition coefficient (Wildman–Crippen LogP) is 1.41. The number of hydrogen-bond donors (Lipinski definition) is 2. The van der Waals surface area contributed by atoms with Gasteiger partial charge in [0.05, 0.1) is 22.9 Å². The molecule has 90 valence electrons. The minimum absolute atomic E-state index is 0.284. The van der Waals surface area contributed by atoms with Gasteiger partial charge in [0.2, 0.25) is 0 Å². The van der Waals surface area contributed by atoms with Crippen LogP contribution >= 0.6 is 11.3 Å². The smallest absolute Gasteiger partial charge is 0.181 e. The van der Waals surface area contributed by atoms with Crippen LogP contribution in [-0.4, -0.2) is 30.8 Å². The van der Waals surface area contributed by atoms with Gasteiger partial charge in [0.15, 0.2) is 5.13 Å². The highest BCUT2D eigenvalue weighted by Gasteiger charge is 2.14. The highest BCUT2D eigenvalue weighted by Crippen LogP contribution is 2.25. The minimum atomic E-state index is 0.284. The molecule has 5 heteroatoms. The molecule has 1 aliphatic heterocycles. The Kier molecular flexibility index (Phi) is 2.96. The van der Waals surface area contributed by atoms with E-state index in [-0.39, 0.29) is 6.10 Å². The fourth-order valence-corrected chi connectivity index (χ4v) is 2.93. The Morgan fingerprint density at radius 2 is 2.47 bits per heavy atom. The molecule has 17 heavy (non-hydrogen) atoms. The number of thiazole rings is 1. The maximum atomic E-state index is 5.70. The summed E-state index contributed by atoms with van der Waals surface area (Å²) in [5, 5.41) is 3.97. The first-order valence-electron chi connectivity index (χ1n) is 5.78. The number of nitrogens with one attached hydrogen (secondary N) is 1. The van der Waals surface area contributed by atoms with Crippen LogP contribution in [0.2, 0.25) is 0 Å². The van der Waals surface area contributed by atoms with Gasteiger partial charge in [-0.2, -0.15) is 0 Å². The first-order valence-corrected chi connectivity index (χ1v) is 6.60. The molecule has 0 spiro atoms. The topological polar surface area (TPSA) is 60.2 Å². The van der Waals surface area contributed by atoms with Crippen molar-refractivity contribution in [1.29, 1.82) is 0 Å². The highest BCUT2D eigenvalue weighted by atomic mass is 32.1. The molecule has 0 amide bonds. The van der Waals surface area contributed by atoms with Gasteiger partial charge in [0.25, 0.3) is 0 Å². The van der Waals surface area contributed by atoms with E-state index in [1.807, 2.05) is 6.07 Å². The Morgan fingerprint density at radius 1 is 1.53 bits per heavy atom. The van der Waals surface area contributed by atoms with Crippen molar-refractivity contribution in [1.82, 2.24) is 10.3 Å². The molecule has 4 nitrogen and oxygen atoms in total. The molecular weight excluding hydrogens is 234 g/mol. The Labute approximate surface area is 104 Å². The lowest BCUT2D eigenvalue weighted by Gasteiger charge is -2.23. The zero-order valence-electron chi connectivity index (χ0n) is 9.48. The molecule has 1 aliphatic rings. The Balaban J connectivity index is 1.79. The summed E-state index contributed by atoms with van der Waals surface area (Å²) in [7, 11) is 0. The molecule has 1 fully saturated rings. The molecule has 2 aromatic rings. The maximum absolute atomic E-state index is 5.70. The third-order valence-corrected chi connectivity index (χ3v) is 3.78. The third kappa shape index (κ3) is 2.41. The first kappa shape index (κ1) is 11.0. The molecule has 1 aromatic heterocycles. The van der Waals surface area contributed by atoms with Crippen LogP contribution < -0.4 is 11.1 Å². The van der Waals surface area contributed by atoms with Crippen molar-refractivity contribution in [2.45, 2.75) is 12.5 Å². The molecule has 0 bridgehead atoms. The normalized spacial score (nSPS) is 20.8. The van der Waals surface area contributed by atoms with Crippen LogP contribution in [0.5, 0.6) is 0 Å². The predicted molar refractivity (Wildman–Crippen MR) is 70.3 cm³/mol. The fraction of sp³-hybridized carbons (Fsp3) is 0.417. The van der Waals surface area contributed by atoms with Crippen LogP contribution in [-0.2, 0) is 11.2 Å². The van der Waals surface area contributed by atoms with Gasteiger partial charge in [0, 0.05) is 13.1 Å². The van der Waals surface area contributed by atoms with Crippen molar-refractivity contribution in [3.63, 3.8) is 0 Å². The largest absolute Gasteiger partial charge is 0.375 e. The summed E-state index contributed by atoms with van der Waals surface area (Å²) in [6, 6.07) is 6.31. The Bertz CT molecular complexity index is 519. The summed E-state index contributed by atoms with van der Waals surface area (Å²) in [5.41, 5.74) is 7.97. The van der Waals surface area contributed by atoms with Gasteiger partial charge in [-0.3, -0.25) is 0 Å². The van der Waals surface area contributed by atoms with E-state index in [2.05, 4.69) is 22.4 Å². The van der Waals surface area contributed by atoms with Crippen molar-refractivity contribution >= 4 is 26.7 Å². The molecule has 2 heterocycles. The highest BCUT2D eigenvalue weighted by molar-refractivity contribution is 7.22. The fourth-order valence-electron chi connectivity index (χ4n) is 2.13. The SMILES string of the molecule is Nc1nc2ccc(CC3CNCCO3)cc2s1. The van der Waals surface area contributed by atoms with Crippen molar-refractivity contribution in [2.24, 2.45) is 0 Å². The second-order valence-corrected chi connectivity index (χ2v) is 5.32. The minimum Gasteiger partial charge on any atom is -0.375 e. The zero-order chi connectivity index (χ0) is 11.7. The van der Waals surface area contributed by atoms with Crippen LogP contribution in [0.25, 0.3) is 10.2 Å². The number of aromatic nitrogens is 1. The Morgan fingerprint density at radius 3 is 3.29 bits per heavy atom. The average molecular weight is 249 g/mol. The second kappa shape index (κ2) is 4.60. The summed E-state index contributed by atoms with van der Waals surface area (Å²) in [6.45, 7) is 2.70. The molecule has 0 aliphatic carbocycles. The number of hydrogen-bond acceptors (Lipinski definition) is 5. The van der Waals surface area contributed by atoms with Crippen molar-refractivity contribution in [2.75, 3.05) is 25.4 Å². The van der Waals surface area contributed by atoms with E-state index in [0.29, 0.717) is 5.13 Å². The molecule has 1 unspecified atom stereocenters. The summed E-state index contributed by atoms with van der Waals surface area (Å²) in [4.78, 5) is 4.25. The van der Waals surface area contributed by atoms with E-state index in [1.54, 1.807) is 0 Å². The lowest BCUT2D eigenvalue weighted by Crippen LogP contribution is -2.39. The molecule has 0 saturated carbocycles. The van der Waals surface area contributed by atoms with Gasteiger partial charge in [-0.15, -0.1) is 0 Å². The standard InChI is InChI=1S/C12H15N3OS/c13-12-15-10-2-1-8(6-11(10)17-12)5-9-7-14-3-4-16-9/h1-2,6,9,14H,3-5,7H2,(H2,13,15). The summed E-state index contributed by atoms with van der Waals surface area (Å²) >= 11 is 1.54. The number of benzene rings is 1. The molecule has 3 N–H and O–H groups in total. The van der Waals surface area contributed by atoms with E-state index in [9.17, 15) is 0 Å². The van der Waals surface area contributed by atoms with Crippen LogP contribution in [0, 0.1) is 0 Å². The van der Waals surface area contributed by atoms with E-state index in [0.717, 1.165) is 36.3 Å². The summed E-state index contributed by atoms with van der Waals surface area (Å²) < 4.78 is 6.86. The number of nitrogen functional groups attached to an aromatic ring is 1. The summed E-state index contributed by atoms with van der Waals surface area (Å²) in [6.07, 6.45) is 1.23. The van der Waals surface area contributed by atoms with Gasteiger partial charge >= 0.3 is 0 Å². The zero-order valence-corrected chi connectivity index (χ0v) is 10.3. The van der Waals surface area contributed by atoms with Crippen LogP contribution in [0.1, 0.15) is 5.56 Å². The van der Waals surface area contributed by atoms with Crippen molar-refractivity contribution < 1.29 is 4.74 Å². The maximum Gasteiger partial charge on any atom is 0.181 e. The first-order chi connectivity index (χ1) is 8.31. The number of morpholine rings is 1. The second-order valence-electron chi connectivity index (χ2n) is 4.26. The monoisotopic (exact) mass is 249 g/mol. The van der Waals surface area contributed by atoms with Gasteiger partial charge in [-0.25, -0.2) is 4.98 Å².